The van der Waals surface area contributed by atoms with E-state index >= 15 is 0 Å². The van der Waals surface area contributed by atoms with E-state index in [1.54, 1.807) is 12.1 Å². The summed E-state index contributed by atoms with van der Waals surface area (Å²) in [5.41, 5.74) is 7.27. The summed E-state index contributed by atoms with van der Waals surface area (Å²) in [6.07, 6.45) is 0.980. The van der Waals surface area contributed by atoms with Crippen LogP contribution in [0, 0.1) is 5.41 Å². The summed E-state index contributed by atoms with van der Waals surface area (Å²) in [4.78, 5) is 11.9. The molecule has 24 heavy (non-hydrogen) atoms. The van der Waals surface area contributed by atoms with Gasteiger partial charge >= 0.3 is 5.97 Å². The van der Waals surface area contributed by atoms with Gasteiger partial charge in [0.2, 0.25) is 0 Å². The van der Waals surface area contributed by atoms with Crippen LogP contribution in [0.5, 0.6) is 0 Å². The van der Waals surface area contributed by atoms with Gasteiger partial charge in [0.15, 0.2) is 0 Å². The lowest BCUT2D eigenvalue weighted by Crippen LogP contribution is -2.38. The van der Waals surface area contributed by atoms with Gasteiger partial charge in [-0.15, -0.1) is 0 Å². The Kier molecular flexibility index (Phi) is 7.87. The van der Waals surface area contributed by atoms with E-state index in [0.717, 1.165) is 18.4 Å². The third-order valence-electron chi connectivity index (χ3n) is 3.69. The normalized spacial score (nSPS) is 14.5. The quantitative estimate of drug-likeness (QED) is 0.502. The molecule has 0 spiro atoms. The van der Waals surface area contributed by atoms with Crippen molar-refractivity contribution in [2.75, 3.05) is 6.54 Å². The van der Waals surface area contributed by atoms with Crippen LogP contribution in [-0.2, 0) is 4.74 Å². The van der Waals surface area contributed by atoms with Gasteiger partial charge in [-0.2, -0.15) is 0 Å². The Balaban J connectivity index is 2.86. The summed E-state index contributed by atoms with van der Waals surface area (Å²) in [7, 11) is 0. The topological polar surface area (TPSA) is 84.6 Å². The maximum absolute atomic E-state index is 11.9. The number of aliphatic hydroxyl groups excluding tert-OH is 1. The van der Waals surface area contributed by atoms with Crippen molar-refractivity contribution in [2.45, 2.75) is 65.8 Å². The minimum atomic E-state index is -0.749. The van der Waals surface area contributed by atoms with Gasteiger partial charge in [0.05, 0.1) is 11.7 Å². The molecule has 2 unspecified atom stereocenters. The molecule has 0 aromatic heterocycles. The largest absolute Gasteiger partial charge is 0.459 e. The Bertz CT molecular complexity index is 506. The van der Waals surface area contributed by atoms with Crippen LogP contribution in [0.15, 0.2) is 24.3 Å². The summed E-state index contributed by atoms with van der Waals surface area (Å²) in [5.74, 6) is -0.322. The fraction of sp³-hybridized carbons (Fsp3) is 0.632. The number of nitrogens with two attached hydrogens (primary N) is 1. The first-order valence-corrected chi connectivity index (χ1v) is 8.57. The van der Waals surface area contributed by atoms with E-state index in [1.165, 1.54) is 0 Å². The monoisotopic (exact) mass is 336 g/mol. The molecule has 1 rings (SSSR count). The number of hydrogen-bond acceptors (Lipinski definition) is 5. The molecular formula is C19H32N2O3. The zero-order valence-electron chi connectivity index (χ0n) is 15.5. The van der Waals surface area contributed by atoms with Crippen LogP contribution in [0.3, 0.4) is 0 Å². The van der Waals surface area contributed by atoms with Gasteiger partial charge in [-0.05, 0) is 49.8 Å². The first kappa shape index (κ1) is 20.6. The molecule has 0 aliphatic rings. The highest BCUT2D eigenvalue weighted by Crippen LogP contribution is 2.28. The molecular weight excluding hydrogens is 304 g/mol. The van der Waals surface area contributed by atoms with Crippen molar-refractivity contribution < 1.29 is 14.6 Å². The van der Waals surface area contributed by atoms with E-state index in [9.17, 15) is 9.90 Å². The Morgan fingerprint density at radius 2 is 1.83 bits per heavy atom. The van der Waals surface area contributed by atoms with E-state index in [2.05, 4.69) is 26.1 Å². The summed E-state index contributed by atoms with van der Waals surface area (Å²) < 4.78 is 5.20. The van der Waals surface area contributed by atoms with E-state index in [1.807, 2.05) is 26.0 Å². The molecule has 5 nitrogen and oxygen atoms in total. The highest BCUT2D eigenvalue weighted by Gasteiger charge is 2.19. The summed E-state index contributed by atoms with van der Waals surface area (Å²) >= 11 is 0. The van der Waals surface area contributed by atoms with Crippen LogP contribution in [0.4, 0.5) is 0 Å². The Morgan fingerprint density at radius 1 is 1.25 bits per heavy atom. The maximum Gasteiger partial charge on any atom is 0.338 e. The zero-order valence-corrected chi connectivity index (χ0v) is 15.5. The molecule has 4 N–H and O–H groups in total. The minimum Gasteiger partial charge on any atom is -0.459 e. The number of carbonyl (C=O) groups is 1. The molecule has 0 saturated carbocycles. The second kappa shape index (κ2) is 9.16. The summed E-state index contributed by atoms with van der Waals surface area (Å²) in [5, 5.41) is 13.0. The number of rotatable bonds is 8. The lowest BCUT2D eigenvalue weighted by atomic mass is 9.87. The van der Waals surface area contributed by atoms with E-state index < -0.39 is 6.23 Å². The molecule has 0 saturated heterocycles. The van der Waals surface area contributed by atoms with Crippen LogP contribution in [0.25, 0.3) is 0 Å². The lowest BCUT2D eigenvalue weighted by Gasteiger charge is -2.26. The summed E-state index contributed by atoms with van der Waals surface area (Å²) in [6.45, 7) is 10.4. The molecule has 1 aromatic rings. The van der Waals surface area contributed by atoms with Crippen LogP contribution < -0.4 is 11.1 Å². The number of aliphatic hydroxyl groups is 1. The molecule has 2 atom stereocenters. The van der Waals surface area contributed by atoms with Gasteiger partial charge in [-0.3, -0.25) is 5.32 Å². The highest BCUT2D eigenvalue weighted by molar-refractivity contribution is 5.89. The van der Waals surface area contributed by atoms with Crippen molar-refractivity contribution in [2.24, 2.45) is 11.1 Å². The number of nitrogens with one attached hydrogen (secondary N) is 1. The third-order valence-corrected chi connectivity index (χ3v) is 3.69. The predicted octanol–water partition coefficient (Wildman–Crippen LogP) is 2.99. The van der Waals surface area contributed by atoms with Crippen molar-refractivity contribution in [1.29, 1.82) is 0 Å². The zero-order chi connectivity index (χ0) is 18.3. The van der Waals surface area contributed by atoms with Gasteiger partial charge in [0.1, 0.15) is 6.23 Å². The molecule has 5 heteroatoms. The van der Waals surface area contributed by atoms with Crippen LogP contribution in [-0.4, -0.2) is 30.0 Å². The average molecular weight is 336 g/mol. The molecule has 0 fully saturated rings. The van der Waals surface area contributed by atoms with Crippen molar-refractivity contribution in [1.82, 2.24) is 5.32 Å². The number of carbonyl (C=O) groups excluding carboxylic acids is 1. The Labute approximate surface area is 145 Å². The average Bonchev–Trinajstić information content (AvgIpc) is 2.49. The number of benzene rings is 1. The molecule has 0 radical (unpaired) electrons. The Morgan fingerprint density at radius 3 is 2.29 bits per heavy atom. The fourth-order valence-corrected chi connectivity index (χ4v) is 2.36. The number of hydrogen-bond donors (Lipinski definition) is 3. The minimum absolute atomic E-state index is 0.0158. The van der Waals surface area contributed by atoms with Gasteiger partial charge in [0.25, 0.3) is 0 Å². The van der Waals surface area contributed by atoms with Gasteiger partial charge in [-0.25, -0.2) is 4.79 Å². The van der Waals surface area contributed by atoms with Crippen molar-refractivity contribution in [3.05, 3.63) is 35.4 Å². The summed E-state index contributed by atoms with van der Waals surface area (Å²) in [6, 6.07) is 7.32. The number of esters is 1. The third kappa shape index (κ3) is 7.43. The SMILES string of the molecule is CC(C)OC(=O)c1ccc(C(CCC(C)(C)C)NC(O)CN)cc1. The van der Waals surface area contributed by atoms with E-state index in [-0.39, 0.29) is 30.1 Å². The molecule has 0 bridgehead atoms. The second-order valence-corrected chi connectivity index (χ2v) is 7.65. The first-order chi connectivity index (χ1) is 11.1. The van der Waals surface area contributed by atoms with Crippen LogP contribution in [0.2, 0.25) is 0 Å². The molecule has 0 aliphatic carbocycles. The van der Waals surface area contributed by atoms with Gasteiger partial charge in [0, 0.05) is 12.6 Å². The Hall–Kier alpha value is -1.43. The van der Waals surface area contributed by atoms with Gasteiger partial charge in [-0.1, -0.05) is 32.9 Å². The molecule has 136 valence electrons. The van der Waals surface area contributed by atoms with Crippen molar-refractivity contribution in [3.8, 4) is 0 Å². The highest BCUT2D eigenvalue weighted by atomic mass is 16.5. The first-order valence-electron chi connectivity index (χ1n) is 8.57. The molecule has 0 aliphatic heterocycles. The molecule has 0 amide bonds. The smallest absolute Gasteiger partial charge is 0.338 e. The van der Waals surface area contributed by atoms with Gasteiger partial charge < -0.3 is 15.6 Å². The van der Waals surface area contributed by atoms with E-state index in [0.29, 0.717) is 5.56 Å². The van der Waals surface area contributed by atoms with E-state index in [4.69, 9.17) is 10.5 Å². The predicted molar refractivity (Wildman–Crippen MR) is 96.6 cm³/mol. The fourth-order valence-electron chi connectivity index (χ4n) is 2.36. The number of ether oxygens (including phenoxy) is 1. The maximum atomic E-state index is 11.9. The standard InChI is InChI=1S/C19H32N2O3/c1-13(2)24-18(23)15-8-6-14(7-9-15)16(21-17(22)12-20)10-11-19(3,4)5/h6-9,13,16-17,21-22H,10-12,20H2,1-5H3. The van der Waals surface area contributed by atoms with Crippen LogP contribution in [0.1, 0.15) is 69.4 Å². The van der Waals surface area contributed by atoms with Crippen molar-refractivity contribution >= 4 is 5.97 Å². The molecule has 1 aromatic carbocycles. The second-order valence-electron chi connectivity index (χ2n) is 7.65. The molecule has 0 heterocycles. The lowest BCUT2D eigenvalue weighted by molar-refractivity contribution is 0.0378. The van der Waals surface area contributed by atoms with Crippen LogP contribution >= 0.6 is 0 Å². The van der Waals surface area contributed by atoms with Crippen molar-refractivity contribution in [3.63, 3.8) is 0 Å².